The van der Waals surface area contributed by atoms with Crippen molar-refractivity contribution in [2.45, 2.75) is 101 Å². The number of carbonyl (C=O) groups is 12. The van der Waals surface area contributed by atoms with Gasteiger partial charge in [0.2, 0.25) is 65.0 Å². The zero-order valence-electron chi connectivity index (χ0n) is 48.9. The van der Waals surface area contributed by atoms with Gasteiger partial charge in [0.15, 0.2) is 5.96 Å². The first kappa shape index (κ1) is 76.1. The van der Waals surface area contributed by atoms with Gasteiger partial charge >= 0.3 is 5.97 Å². The first-order valence-corrected chi connectivity index (χ1v) is 31.6. The maximum Gasteiger partial charge on any atom is 0.305 e. The second-order valence-electron chi connectivity index (χ2n) is 19.2. The fourth-order valence-electron chi connectivity index (χ4n) is 7.58. The minimum Gasteiger partial charge on any atom is -0.481 e. The molecule has 2 aliphatic heterocycles. The van der Waals surface area contributed by atoms with E-state index >= 15 is 0 Å². The molecular formula is C52H85N15O17S3. The third kappa shape index (κ3) is 34.8. The monoisotopic (exact) mass is 1290 g/mol. The summed E-state index contributed by atoms with van der Waals surface area (Å²) in [6, 6.07) is -1.28. The summed E-state index contributed by atoms with van der Waals surface area (Å²) in [7, 11) is 3.36. The predicted octanol–water partition coefficient (Wildman–Crippen LogP) is -5.65. The Balaban J connectivity index is 0.00000123. The van der Waals surface area contributed by atoms with Crippen molar-refractivity contribution in [1.82, 2.24) is 53.2 Å². The van der Waals surface area contributed by atoms with Crippen LogP contribution >= 0.6 is 33.3 Å². The van der Waals surface area contributed by atoms with Crippen LogP contribution in [0.2, 0.25) is 0 Å². The molecule has 87 heavy (non-hydrogen) atoms. The van der Waals surface area contributed by atoms with Gasteiger partial charge in [-0.25, -0.2) is 0 Å². The summed E-state index contributed by atoms with van der Waals surface area (Å²) < 4.78 is 20.2. The summed E-state index contributed by atoms with van der Waals surface area (Å²) >= 11 is 0.967. The SMILES string of the molecule is CCCOCCOCCNC(=O)COCC(N)=O.COCCNC(=O)[C@@H]1CSCC(=O)N[C@@H](CCCCN)C(=O)N[C@H]2CSSC[C@H](NC(=O)[C@H](CC(=O)O)NC(=O)CNC(=O)[C@H](CCCN=C(N)N)NC2=O)C(=O)N[C@@H](Cc2ccccc2)C(=O)N1. The third-order valence-electron chi connectivity index (χ3n) is 11.9. The van der Waals surface area contributed by atoms with Gasteiger partial charge in [0.1, 0.15) is 55.5 Å². The zero-order chi connectivity index (χ0) is 64.4. The molecule has 0 radical (unpaired) electrons. The van der Waals surface area contributed by atoms with Crippen LogP contribution in [0.3, 0.4) is 0 Å². The summed E-state index contributed by atoms with van der Waals surface area (Å²) in [6.45, 7) is 3.98. The lowest BCUT2D eigenvalue weighted by molar-refractivity contribution is -0.141. The van der Waals surface area contributed by atoms with Crippen molar-refractivity contribution < 1.29 is 81.6 Å². The van der Waals surface area contributed by atoms with Crippen LogP contribution in [0.4, 0.5) is 0 Å². The first-order chi connectivity index (χ1) is 41.7. The number of hydrogen-bond acceptors (Lipinski definition) is 21. The number of thioether (sulfide) groups is 1. The maximum atomic E-state index is 14.3. The van der Waals surface area contributed by atoms with Crippen LogP contribution in [0.5, 0.6) is 0 Å². The minimum atomic E-state index is -1.76. The predicted molar refractivity (Wildman–Crippen MR) is 324 cm³/mol. The Kier molecular flexibility index (Phi) is 39.6. The van der Waals surface area contributed by atoms with E-state index < -0.39 is 120 Å². The minimum absolute atomic E-state index is 0.0538. The molecule has 1 aromatic carbocycles. The molecule has 7 atom stereocenters. The molecule has 19 N–H and O–H groups in total. The molecule has 488 valence electrons. The van der Waals surface area contributed by atoms with Crippen LogP contribution in [-0.4, -0.2) is 233 Å². The van der Waals surface area contributed by atoms with Gasteiger partial charge in [-0.05, 0) is 50.6 Å². The number of amides is 11. The van der Waals surface area contributed by atoms with Gasteiger partial charge in [-0.2, -0.15) is 0 Å². The second kappa shape index (κ2) is 45.3. The van der Waals surface area contributed by atoms with E-state index in [0.717, 1.165) is 46.4 Å². The first-order valence-electron chi connectivity index (χ1n) is 27.9. The standard InChI is InChI=1S/C41H63N13O12S3.C11H22N2O5/c1-66-15-14-45-35(60)28-19-67-22-32(56)48-25(10-5-6-12-42)36(61)53-29-20-68-69-21-30(40(65)51-26(37(62)52-28)16-23-8-3-2-4-9-23)54-38(63)27(17-33(57)58)49-31(55)18-47-34(59)24(50-39(29)64)11-7-13-46-41(43)44;1-2-4-16-6-7-17-5-3-13-11(15)9-18-8-10(12)14/h2-4,8-9,24-30H,5-7,10-22,42H2,1H3,(H,45,60)(H,47,59)(H,48,56)(H,49,55)(H,50,64)(H,51,65)(H,52,62)(H,53,61)(H,54,63)(H,57,58)(H4,43,44,46);2-9H2,1H3,(H2,12,14)(H,13,15)/t24-,25-,26-,27-,28-,29-,30-;/m0./s1. The fraction of sp³-hybridized carbons (Fsp3) is 0.635. The molecule has 2 aliphatic rings. The number of nitrogens with zero attached hydrogens (tertiary/aromatic N) is 1. The maximum absolute atomic E-state index is 14.3. The average molecular weight is 1290 g/mol. The number of aliphatic imine (C=N–C) groups is 1. The molecule has 2 bridgehead atoms. The summed E-state index contributed by atoms with van der Waals surface area (Å²) in [6.07, 6.45) is 1.05. The third-order valence-corrected chi connectivity index (χ3v) is 15.3. The van der Waals surface area contributed by atoms with Gasteiger partial charge < -0.3 is 100 Å². The summed E-state index contributed by atoms with van der Waals surface area (Å²) in [5.41, 5.74) is 22.1. The van der Waals surface area contributed by atoms with Crippen LogP contribution < -0.4 is 76.1 Å². The highest BCUT2D eigenvalue weighted by atomic mass is 33.1. The number of hydrogen-bond donors (Lipinski definition) is 15. The lowest BCUT2D eigenvalue weighted by Gasteiger charge is -2.27. The number of guanidine groups is 1. The second-order valence-corrected chi connectivity index (χ2v) is 22.8. The Labute approximate surface area is 516 Å². The van der Waals surface area contributed by atoms with Gasteiger partial charge in [-0.15, -0.1) is 11.8 Å². The summed E-state index contributed by atoms with van der Waals surface area (Å²) in [5, 5.41) is 35.4. The number of nitrogens with one attached hydrogen (secondary N) is 10. The molecule has 11 amide bonds. The fourth-order valence-corrected chi connectivity index (χ4v) is 10.8. The topological polar surface area (TPSA) is 499 Å². The van der Waals surface area contributed by atoms with Crippen molar-refractivity contribution in [1.29, 1.82) is 0 Å². The molecule has 2 heterocycles. The molecular weight excluding hydrogens is 1200 g/mol. The van der Waals surface area contributed by atoms with E-state index in [1.165, 1.54) is 7.11 Å². The zero-order valence-corrected chi connectivity index (χ0v) is 51.3. The molecule has 0 saturated carbocycles. The number of carbonyl (C=O) groups excluding carboxylic acids is 11. The molecule has 2 saturated heterocycles. The van der Waals surface area contributed by atoms with Crippen LogP contribution in [0.1, 0.15) is 57.4 Å². The number of primary amides is 1. The van der Waals surface area contributed by atoms with Crippen LogP contribution in [0.15, 0.2) is 35.3 Å². The number of unbranched alkanes of at least 4 members (excludes halogenated alkanes) is 1. The Morgan fingerprint density at radius 2 is 1.24 bits per heavy atom. The van der Waals surface area contributed by atoms with Crippen molar-refractivity contribution in [3.8, 4) is 0 Å². The molecule has 3 rings (SSSR count). The van der Waals surface area contributed by atoms with Crippen molar-refractivity contribution >= 4 is 110 Å². The van der Waals surface area contributed by atoms with Crippen LogP contribution in [-0.2, 0) is 82.9 Å². The number of fused-ring (bicyclic) bond motifs is 5. The normalized spacial score (nSPS) is 21.3. The number of ether oxygens (including phenoxy) is 4. The summed E-state index contributed by atoms with van der Waals surface area (Å²) in [4.78, 5) is 162. The number of aliphatic carboxylic acids is 1. The van der Waals surface area contributed by atoms with E-state index in [-0.39, 0.29) is 100 Å². The van der Waals surface area contributed by atoms with Gasteiger partial charge in [-0.1, -0.05) is 58.8 Å². The van der Waals surface area contributed by atoms with Gasteiger partial charge in [-0.3, -0.25) is 62.5 Å². The van der Waals surface area contributed by atoms with E-state index in [2.05, 4.69) is 58.2 Å². The average Bonchev–Trinajstić information content (AvgIpc) is 3.72. The molecule has 0 spiro atoms. The number of carboxylic acids is 1. The largest absolute Gasteiger partial charge is 0.481 e. The van der Waals surface area contributed by atoms with Crippen molar-refractivity contribution in [3.63, 3.8) is 0 Å². The number of methoxy groups -OCH3 is 1. The van der Waals surface area contributed by atoms with Crippen molar-refractivity contribution in [3.05, 3.63) is 35.9 Å². The lowest BCUT2D eigenvalue weighted by atomic mass is 10.0. The van der Waals surface area contributed by atoms with E-state index in [4.69, 9.17) is 41.9 Å². The Hall–Kier alpha value is -7.02. The van der Waals surface area contributed by atoms with Gasteiger partial charge in [0, 0.05) is 57.0 Å². The Morgan fingerprint density at radius 1 is 0.644 bits per heavy atom. The van der Waals surface area contributed by atoms with Crippen molar-refractivity contribution in [2.24, 2.45) is 27.9 Å². The number of carboxylic acid groups (broad SMARTS) is 1. The van der Waals surface area contributed by atoms with E-state index in [9.17, 15) is 62.6 Å². The molecule has 35 heteroatoms. The highest BCUT2D eigenvalue weighted by molar-refractivity contribution is 8.76. The van der Waals surface area contributed by atoms with Gasteiger partial charge in [0.25, 0.3) is 0 Å². The molecule has 0 aromatic heterocycles. The van der Waals surface area contributed by atoms with Crippen LogP contribution in [0.25, 0.3) is 0 Å². The van der Waals surface area contributed by atoms with E-state index in [1.807, 2.05) is 6.92 Å². The quantitative estimate of drug-likeness (QED) is 0.0161. The molecule has 0 unspecified atom stereocenters. The lowest BCUT2D eigenvalue weighted by Crippen LogP contribution is -2.60. The highest BCUT2D eigenvalue weighted by Gasteiger charge is 2.35. The number of nitrogens with two attached hydrogens (primary N) is 4. The Bertz CT molecular complexity index is 2400. The summed E-state index contributed by atoms with van der Waals surface area (Å²) in [5.74, 6) is -11.1. The smallest absolute Gasteiger partial charge is 0.305 e. The highest BCUT2D eigenvalue weighted by Crippen LogP contribution is 2.24. The van der Waals surface area contributed by atoms with Gasteiger partial charge in [0.05, 0.1) is 45.1 Å². The van der Waals surface area contributed by atoms with E-state index in [0.29, 0.717) is 44.8 Å². The molecule has 2 fully saturated rings. The Morgan fingerprint density at radius 3 is 1.86 bits per heavy atom. The molecule has 32 nitrogen and oxygen atoms in total. The van der Waals surface area contributed by atoms with Crippen molar-refractivity contribution in [2.75, 3.05) is 109 Å². The number of benzene rings is 1. The van der Waals surface area contributed by atoms with Crippen LogP contribution in [0, 0.1) is 0 Å². The number of rotatable bonds is 28. The van der Waals surface area contributed by atoms with E-state index in [1.54, 1.807) is 30.3 Å². The molecule has 0 aliphatic carbocycles. The molecule has 1 aromatic rings.